The highest BCUT2D eigenvalue weighted by Gasteiger charge is 2.16. The van der Waals surface area contributed by atoms with E-state index in [-0.39, 0.29) is 5.91 Å². The number of nitrogens with one attached hydrogen (secondary N) is 2. The molecule has 1 heterocycles. The van der Waals surface area contributed by atoms with Crippen molar-refractivity contribution in [2.24, 2.45) is 0 Å². The Morgan fingerprint density at radius 2 is 1.79 bits per heavy atom. The van der Waals surface area contributed by atoms with Gasteiger partial charge < -0.3 is 10.6 Å². The molecule has 2 N–H and O–H groups in total. The van der Waals surface area contributed by atoms with Crippen LogP contribution in [0.5, 0.6) is 0 Å². The summed E-state index contributed by atoms with van der Waals surface area (Å²) in [6.45, 7) is 0.731. The first-order valence-corrected chi connectivity index (χ1v) is 8.86. The van der Waals surface area contributed by atoms with Gasteiger partial charge in [-0.2, -0.15) is 0 Å². The van der Waals surface area contributed by atoms with Crippen LogP contribution in [0.3, 0.4) is 0 Å². The van der Waals surface area contributed by atoms with Gasteiger partial charge in [0.2, 0.25) is 0 Å². The number of nitrogens with zero attached hydrogens (tertiary/aromatic N) is 1. The number of hydrogen-bond donors (Lipinski definition) is 2. The van der Waals surface area contributed by atoms with Gasteiger partial charge in [0, 0.05) is 24.5 Å². The van der Waals surface area contributed by atoms with E-state index in [0.29, 0.717) is 11.7 Å². The molecule has 0 saturated heterocycles. The zero-order valence-corrected chi connectivity index (χ0v) is 14.0. The van der Waals surface area contributed by atoms with Crippen molar-refractivity contribution in [3.05, 3.63) is 59.9 Å². The molecule has 1 aliphatic rings. The Kier molecular flexibility index (Phi) is 5.83. The van der Waals surface area contributed by atoms with Gasteiger partial charge in [-0.25, -0.2) is 0 Å². The van der Waals surface area contributed by atoms with Crippen molar-refractivity contribution in [2.75, 3.05) is 5.32 Å². The van der Waals surface area contributed by atoms with Crippen LogP contribution in [0.15, 0.2) is 48.7 Å². The summed E-state index contributed by atoms with van der Waals surface area (Å²) in [5, 5.41) is 6.50. The minimum atomic E-state index is -0.0646. The van der Waals surface area contributed by atoms with Gasteiger partial charge in [-0.3, -0.25) is 9.78 Å². The third kappa shape index (κ3) is 4.82. The monoisotopic (exact) mass is 323 g/mol. The Balaban J connectivity index is 1.58. The van der Waals surface area contributed by atoms with Crippen LogP contribution in [-0.2, 0) is 6.54 Å². The molecule has 0 aliphatic heterocycles. The molecule has 1 aromatic heterocycles. The SMILES string of the molecule is O=C(NC1CCCCCC1)c1cc(NCc2ccccc2)ccn1. The molecule has 1 fully saturated rings. The molecule has 126 valence electrons. The molecule has 4 heteroatoms. The summed E-state index contributed by atoms with van der Waals surface area (Å²) in [6.07, 6.45) is 8.83. The molecule has 1 saturated carbocycles. The number of pyridine rings is 1. The highest BCUT2D eigenvalue weighted by atomic mass is 16.1. The van der Waals surface area contributed by atoms with E-state index in [0.717, 1.165) is 25.1 Å². The normalized spacial score (nSPS) is 15.5. The molecule has 24 heavy (non-hydrogen) atoms. The summed E-state index contributed by atoms with van der Waals surface area (Å²) in [6, 6.07) is 14.2. The molecule has 1 aliphatic carbocycles. The lowest BCUT2D eigenvalue weighted by Crippen LogP contribution is -2.34. The van der Waals surface area contributed by atoms with Crippen LogP contribution in [0.2, 0.25) is 0 Å². The molecular weight excluding hydrogens is 298 g/mol. The van der Waals surface area contributed by atoms with Crippen LogP contribution >= 0.6 is 0 Å². The molecular formula is C20H25N3O. The maximum atomic E-state index is 12.5. The summed E-state index contributed by atoms with van der Waals surface area (Å²) in [5.41, 5.74) is 2.61. The molecule has 0 bridgehead atoms. The Morgan fingerprint density at radius 1 is 1.04 bits per heavy atom. The van der Waals surface area contributed by atoms with Crippen molar-refractivity contribution < 1.29 is 4.79 Å². The minimum Gasteiger partial charge on any atom is -0.381 e. The van der Waals surface area contributed by atoms with Crippen LogP contribution in [0.4, 0.5) is 5.69 Å². The second-order valence-corrected chi connectivity index (χ2v) is 6.43. The number of carbonyl (C=O) groups is 1. The zero-order valence-electron chi connectivity index (χ0n) is 14.0. The largest absolute Gasteiger partial charge is 0.381 e. The molecule has 1 amide bonds. The number of carbonyl (C=O) groups excluding carboxylic acids is 1. The van der Waals surface area contributed by atoms with Gasteiger partial charge in [0.25, 0.3) is 5.91 Å². The second kappa shape index (κ2) is 8.48. The Morgan fingerprint density at radius 3 is 2.54 bits per heavy atom. The fourth-order valence-corrected chi connectivity index (χ4v) is 3.15. The predicted octanol–water partition coefficient (Wildman–Crippen LogP) is 4.15. The summed E-state index contributed by atoms with van der Waals surface area (Å²) < 4.78 is 0. The average molecular weight is 323 g/mol. The molecule has 1 aromatic carbocycles. The van der Waals surface area contributed by atoms with E-state index >= 15 is 0 Å². The van der Waals surface area contributed by atoms with E-state index in [1.54, 1.807) is 6.20 Å². The van der Waals surface area contributed by atoms with Crippen molar-refractivity contribution >= 4 is 11.6 Å². The number of amides is 1. The lowest BCUT2D eigenvalue weighted by Gasteiger charge is -2.16. The van der Waals surface area contributed by atoms with Gasteiger partial charge in [-0.15, -0.1) is 0 Å². The molecule has 2 aromatic rings. The zero-order chi connectivity index (χ0) is 16.6. The summed E-state index contributed by atoms with van der Waals surface area (Å²) >= 11 is 0. The van der Waals surface area contributed by atoms with Crippen LogP contribution in [0.25, 0.3) is 0 Å². The average Bonchev–Trinajstić information content (AvgIpc) is 2.90. The van der Waals surface area contributed by atoms with Crippen molar-refractivity contribution in [2.45, 2.75) is 51.1 Å². The highest BCUT2D eigenvalue weighted by Crippen LogP contribution is 2.18. The summed E-state index contributed by atoms with van der Waals surface area (Å²) in [5.74, 6) is -0.0646. The van der Waals surface area contributed by atoms with Crippen LogP contribution in [0.1, 0.15) is 54.6 Å². The van der Waals surface area contributed by atoms with E-state index in [1.807, 2.05) is 30.3 Å². The Bertz CT molecular complexity index is 649. The van der Waals surface area contributed by atoms with Gasteiger partial charge in [0.1, 0.15) is 5.69 Å². The Labute approximate surface area is 143 Å². The molecule has 0 atom stereocenters. The molecule has 4 nitrogen and oxygen atoms in total. The predicted molar refractivity (Wildman–Crippen MR) is 97.0 cm³/mol. The first-order chi connectivity index (χ1) is 11.8. The van der Waals surface area contributed by atoms with Crippen LogP contribution in [-0.4, -0.2) is 16.9 Å². The molecule has 0 unspecified atom stereocenters. The van der Waals surface area contributed by atoms with Crippen molar-refractivity contribution in [3.63, 3.8) is 0 Å². The minimum absolute atomic E-state index is 0.0646. The van der Waals surface area contributed by atoms with Gasteiger partial charge in [-0.05, 0) is 30.5 Å². The lowest BCUT2D eigenvalue weighted by molar-refractivity contribution is 0.0928. The van der Waals surface area contributed by atoms with Crippen molar-refractivity contribution in [1.82, 2.24) is 10.3 Å². The van der Waals surface area contributed by atoms with Gasteiger partial charge in [-0.1, -0.05) is 56.0 Å². The third-order valence-electron chi connectivity index (χ3n) is 4.52. The van der Waals surface area contributed by atoms with Gasteiger partial charge in [0.05, 0.1) is 0 Å². The van der Waals surface area contributed by atoms with E-state index in [2.05, 4.69) is 27.8 Å². The second-order valence-electron chi connectivity index (χ2n) is 6.43. The van der Waals surface area contributed by atoms with Crippen LogP contribution in [0, 0.1) is 0 Å². The maximum Gasteiger partial charge on any atom is 0.270 e. The van der Waals surface area contributed by atoms with E-state index in [9.17, 15) is 4.79 Å². The number of rotatable bonds is 5. The fraction of sp³-hybridized carbons (Fsp3) is 0.400. The lowest BCUT2D eigenvalue weighted by atomic mass is 10.1. The number of aromatic nitrogens is 1. The molecule has 0 spiro atoms. The van der Waals surface area contributed by atoms with E-state index < -0.39 is 0 Å². The molecule has 0 radical (unpaired) electrons. The van der Waals surface area contributed by atoms with Gasteiger partial charge in [0.15, 0.2) is 0 Å². The van der Waals surface area contributed by atoms with E-state index in [1.165, 1.54) is 31.2 Å². The number of hydrogen-bond acceptors (Lipinski definition) is 3. The summed E-state index contributed by atoms with van der Waals surface area (Å²) in [7, 11) is 0. The maximum absolute atomic E-state index is 12.5. The van der Waals surface area contributed by atoms with Crippen molar-refractivity contribution in [3.8, 4) is 0 Å². The van der Waals surface area contributed by atoms with Gasteiger partial charge >= 0.3 is 0 Å². The molecule has 3 rings (SSSR count). The standard InChI is InChI=1S/C20H25N3O/c24-20(23-17-10-6-1-2-7-11-17)19-14-18(12-13-21-19)22-15-16-8-4-3-5-9-16/h3-5,8-9,12-14,17H,1-2,6-7,10-11,15H2,(H,21,22)(H,23,24). The quantitative estimate of drug-likeness (QED) is 0.813. The summed E-state index contributed by atoms with van der Waals surface area (Å²) in [4.78, 5) is 16.7. The Hall–Kier alpha value is -2.36. The van der Waals surface area contributed by atoms with Crippen LogP contribution < -0.4 is 10.6 Å². The van der Waals surface area contributed by atoms with Crippen molar-refractivity contribution in [1.29, 1.82) is 0 Å². The number of benzene rings is 1. The highest BCUT2D eigenvalue weighted by molar-refractivity contribution is 5.93. The smallest absolute Gasteiger partial charge is 0.270 e. The third-order valence-corrected chi connectivity index (χ3v) is 4.52. The number of anilines is 1. The van der Waals surface area contributed by atoms with E-state index in [4.69, 9.17) is 0 Å². The topological polar surface area (TPSA) is 54.0 Å². The fourth-order valence-electron chi connectivity index (χ4n) is 3.15. The first kappa shape index (κ1) is 16.5. The first-order valence-electron chi connectivity index (χ1n) is 8.86.